The van der Waals surface area contributed by atoms with Crippen LogP contribution in [0, 0.1) is 12.7 Å². The largest absolute Gasteiger partial charge is 0.491 e. The van der Waals surface area contributed by atoms with E-state index in [2.05, 4.69) is 9.71 Å². The van der Waals surface area contributed by atoms with Gasteiger partial charge in [-0.1, -0.05) is 6.07 Å². The molecule has 1 N–H and O–H groups in total. The Morgan fingerprint density at radius 3 is 2.84 bits per heavy atom. The van der Waals surface area contributed by atoms with Crippen LogP contribution >= 0.6 is 0 Å². The summed E-state index contributed by atoms with van der Waals surface area (Å²) in [7, 11) is -3.77. The molecular formula is C22H24FN3O4S. The van der Waals surface area contributed by atoms with Gasteiger partial charge in [-0.25, -0.2) is 22.5 Å². The van der Waals surface area contributed by atoms with Gasteiger partial charge in [0, 0.05) is 25.5 Å². The minimum atomic E-state index is -3.77. The van der Waals surface area contributed by atoms with E-state index < -0.39 is 15.8 Å². The Bertz CT molecular complexity index is 1140. The Labute approximate surface area is 180 Å². The third-order valence-corrected chi connectivity index (χ3v) is 6.72. The van der Waals surface area contributed by atoms with Crippen LogP contribution in [0.15, 0.2) is 60.0 Å². The molecule has 1 unspecified atom stereocenters. The highest BCUT2D eigenvalue weighted by molar-refractivity contribution is 7.89. The fraction of sp³-hybridized carbons (Fsp3) is 0.318. The van der Waals surface area contributed by atoms with Crippen molar-refractivity contribution >= 4 is 10.0 Å². The van der Waals surface area contributed by atoms with Crippen molar-refractivity contribution in [1.29, 1.82) is 0 Å². The molecule has 1 aromatic heterocycles. The molecule has 9 heteroatoms. The van der Waals surface area contributed by atoms with Crippen molar-refractivity contribution in [3.63, 3.8) is 0 Å². The Hall–Kier alpha value is -2.75. The molecule has 1 aliphatic rings. The molecule has 0 amide bonds. The van der Waals surface area contributed by atoms with Gasteiger partial charge in [-0.15, -0.1) is 0 Å². The summed E-state index contributed by atoms with van der Waals surface area (Å²) in [5.74, 6) is 0.141. The van der Waals surface area contributed by atoms with Crippen LogP contribution in [0.1, 0.15) is 24.0 Å². The number of nitrogens with one attached hydrogen (secondary N) is 1. The highest BCUT2D eigenvalue weighted by atomic mass is 32.2. The van der Waals surface area contributed by atoms with Crippen LogP contribution in [0.25, 0.3) is 5.69 Å². The van der Waals surface area contributed by atoms with Crippen molar-refractivity contribution in [2.24, 2.45) is 0 Å². The van der Waals surface area contributed by atoms with Gasteiger partial charge >= 0.3 is 0 Å². The second kappa shape index (κ2) is 9.17. The number of halogens is 1. The Kier molecular flexibility index (Phi) is 6.35. The SMILES string of the molecule is Cc1cc(OCC2CCCO2)ccc1S(=O)(=O)NCc1ccc(-n2ccnc2)c(F)c1. The highest BCUT2D eigenvalue weighted by Crippen LogP contribution is 2.23. The zero-order valence-electron chi connectivity index (χ0n) is 17.1. The van der Waals surface area contributed by atoms with Gasteiger partial charge < -0.3 is 14.0 Å². The number of sulfonamides is 1. The number of benzene rings is 2. The third-order valence-electron chi connectivity index (χ3n) is 5.16. The lowest BCUT2D eigenvalue weighted by Crippen LogP contribution is -2.24. The first-order valence-electron chi connectivity index (χ1n) is 10.0. The predicted molar refractivity (Wildman–Crippen MR) is 113 cm³/mol. The lowest BCUT2D eigenvalue weighted by molar-refractivity contribution is 0.0679. The van der Waals surface area contributed by atoms with Gasteiger partial charge in [0.05, 0.1) is 23.0 Å². The van der Waals surface area contributed by atoms with Crippen LogP contribution in [0.3, 0.4) is 0 Å². The molecule has 0 saturated carbocycles. The minimum Gasteiger partial charge on any atom is -0.491 e. The van der Waals surface area contributed by atoms with E-state index >= 15 is 0 Å². The van der Waals surface area contributed by atoms with E-state index in [1.54, 1.807) is 48.1 Å². The van der Waals surface area contributed by atoms with Crippen molar-refractivity contribution in [2.45, 2.75) is 37.3 Å². The first-order chi connectivity index (χ1) is 14.9. The molecule has 3 aromatic rings. The van der Waals surface area contributed by atoms with E-state index in [-0.39, 0.29) is 17.5 Å². The zero-order valence-corrected chi connectivity index (χ0v) is 17.9. The molecular weight excluding hydrogens is 421 g/mol. The highest BCUT2D eigenvalue weighted by Gasteiger charge is 2.19. The summed E-state index contributed by atoms with van der Waals surface area (Å²) < 4.78 is 55.3. The van der Waals surface area contributed by atoms with Crippen molar-refractivity contribution in [3.8, 4) is 11.4 Å². The number of hydrogen-bond acceptors (Lipinski definition) is 5. The van der Waals surface area contributed by atoms with Crippen LogP contribution < -0.4 is 9.46 Å². The van der Waals surface area contributed by atoms with Crippen LogP contribution in [0.4, 0.5) is 4.39 Å². The summed E-state index contributed by atoms with van der Waals surface area (Å²) >= 11 is 0. The molecule has 2 heterocycles. The molecule has 1 aliphatic heterocycles. The van der Waals surface area contributed by atoms with Gasteiger partial charge in [0.1, 0.15) is 18.2 Å². The number of ether oxygens (including phenoxy) is 2. The summed E-state index contributed by atoms with van der Waals surface area (Å²) in [6.45, 7) is 2.89. The monoisotopic (exact) mass is 445 g/mol. The maximum atomic E-state index is 14.4. The average molecular weight is 446 g/mol. The molecule has 31 heavy (non-hydrogen) atoms. The van der Waals surface area contributed by atoms with E-state index in [0.717, 1.165) is 19.4 Å². The van der Waals surface area contributed by atoms with Crippen molar-refractivity contribution in [1.82, 2.24) is 14.3 Å². The predicted octanol–water partition coefficient (Wildman–Crippen LogP) is 3.36. The van der Waals surface area contributed by atoms with Crippen molar-refractivity contribution in [3.05, 3.63) is 72.1 Å². The number of aromatic nitrogens is 2. The van der Waals surface area contributed by atoms with Gasteiger partial charge in [0.2, 0.25) is 10.0 Å². The smallest absolute Gasteiger partial charge is 0.241 e. The Morgan fingerprint density at radius 2 is 2.16 bits per heavy atom. The van der Waals surface area contributed by atoms with E-state index in [9.17, 15) is 12.8 Å². The lowest BCUT2D eigenvalue weighted by atomic mass is 10.2. The summed E-state index contributed by atoms with van der Waals surface area (Å²) in [4.78, 5) is 4.06. The molecule has 7 nitrogen and oxygen atoms in total. The topological polar surface area (TPSA) is 82.5 Å². The third kappa shape index (κ3) is 5.12. The number of imidazole rings is 1. The molecule has 2 aromatic carbocycles. The summed E-state index contributed by atoms with van der Waals surface area (Å²) in [6, 6.07) is 9.43. The maximum absolute atomic E-state index is 14.4. The fourth-order valence-electron chi connectivity index (χ4n) is 3.51. The molecule has 0 radical (unpaired) electrons. The lowest BCUT2D eigenvalue weighted by Gasteiger charge is -2.14. The molecule has 164 valence electrons. The van der Waals surface area contributed by atoms with Gasteiger partial charge in [-0.2, -0.15) is 0 Å². The molecule has 4 rings (SSSR count). The number of aryl methyl sites for hydroxylation is 1. The van der Waals surface area contributed by atoms with E-state index in [1.807, 2.05) is 0 Å². The number of hydrogen-bond donors (Lipinski definition) is 1. The van der Waals surface area contributed by atoms with Crippen molar-refractivity contribution < 1.29 is 22.3 Å². The van der Waals surface area contributed by atoms with Gasteiger partial charge in [0.25, 0.3) is 0 Å². The van der Waals surface area contributed by atoms with Crippen LogP contribution in [-0.4, -0.2) is 37.3 Å². The summed E-state index contributed by atoms with van der Waals surface area (Å²) in [6.07, 6.45) is 6.79. The molecule has 0 bridgehead atoms. The second-order valence-corrected chi connectivity index (χ2v) is 9.19. The first kappa shape index (κ1) is 21.5. The summed E-state index contributed by atoms with van der Waals surface area (Å²) in [5.41, 5.74) is 1.43. The fourth-order valence-corrected chi connectivity index (χ4v) is 4.75. The Morgan fingerprint density at radius 1 is 1.29 bits per heavy atom. The standard InChI is InChI=1S/C22H24FN3O4S/c1-16-11-18(30-14-19-3-2-10-29-19)5-7-22(16)31(27,28)25-13-17-4-6-21(20(23)12-17)26-9-8-24-15-26/h4-9,11-12,15,19,25H,2-3,10,13-14H2,1H3. The normalized spacial score (nSPS) is 16.5. The van der Waals surface area contributed by atoms with E-state index in [1.165, 1.54) is 18.5 Å². The Balaban J connectivity index is 1.40. The van der Waals surface area contributed by atoms with Gasteiger partial charge in [-0.3, -0.25) is 0 Å². The average Bonchev–Trinajstić information content (AvgIpc) is 3.45. The van der Waals surface area contributed by atoms with Gasteiger partial charge in [0.15, 0.2) is 0 Å². The second-order valence-electron chi connectivity index (χ2n) is 7.45. The van der Waals surface area contributed by atoms with Crippen LogP contribution in [0.5, 0.6) is 5.75 Å². The number of rotatable bonds is 8. The van der Waals surface area contributed by atoms with Gasteiger partial charge in [-0.05, 0) is 61.2 Å². The minimum absolute atomic E-state index is 0.0276. The molecule has 1 fully saturated rings. The molecule has 1 atom stereocenters. The molecule has 1 saturated heterocycles. The zero-order chi connectivity index (χ0) is 21.8. The summed E-state index contributed by atoms with van der Waals surface area (Å²) in [5, 5.41) is 0. The van der Waals surface area contributed by atoms with Crippen LogP contribution in [0.2, 0.25) is 0 Å². The van der Waals surface area contributed by atoms with E-state index in [4.69, 9.17) is 9.47 Å². The van der Waals surface area contributed by atoms with E-state index in [0.29, 0.717) is 29.2 Å². The molecule has 0 spiro atoms. The van der Waals surface area contributed by atoms with Crippen LogP contribution in [-0.2, 0) is 21.3 Å². The maximum Gasteiger partial charge on any atom is 0.241 e. The van der Waals surface area contributed by atoms with Crippen molar-refractivity contribution in [2.75, 3.05) is 13.2 Å². The number of nitrogens with zero attached hydrogens (tertiary/aromatic N) is 2. The molecule has 0 aliphatic carbocycles. The quantitative estimate of drug-likeness (QED) is 0.575. The first-order valence-corrected chi connectivity index (χ1v) is 11.5.